The van der Waals surface area contributed by atoms with Crippen molar-refractivity contribution in [2.24, 2.45) is 0 Å². The van der Waals surface area contributed by atoms with E-state index in [1.807, 2.05) is 0 Å². The van der Waals surface area contributed by atoms with Gasteiger partial charge < -0.3 is 0 Å². The Morgan fingerprint density at radius 3 is 3.09 bits per heavy atom. The first-order valence-electron chi connectivity index (χ1n) is 3.77. The Bertz CT molecular complexity index is 270. The van der Waals surface area contributed by atoms with Crippen molar-refractivity contribution < 1.29 is 0 Å². The van der Waals surface area contributed by atoms with E-state index < -0.39 is 0 Å². The van der Waals surface area contributed by atoms with Crippen LogP contribution < -0.4 is 5.32 Å². The molecule has 0 fully saturated rings. The predicted octanol–water partition coefficient (Wildman–Crippen LogP) is 2.11. The van der Waals surface area contributed by atoms with Crippen molar-refractivity contribution in [1.82, 2.24) is 5.32 Å². The van der Waals surface area contributed by atoms with Gasteiger partial charge in [0.25, 0.3) is 0 Å². The van der Waals surface area contributed by atoms with Crippen molar-refractivity contribution in [2.75, 3.05) is 6.54 Å². The molecule has 0 aliphatic carbocycles. The molecule has 0 spiro atoms. The van der Waals surface area contributed by atoms with Crippen LogP contribution in [0.2, 0.25) is 0 Å². The second kappa shape index (κ2) is 2.95. The van der Waals surface area contributed by atoms with E-state index in [4.69, 9.17) is 0 Å². The van der Waals surface area contributed by atoms with Crippen LogP contribution in [-0.2, 0) is 13.0 Å². The molecule has 57 valence electrons. The second-order valence-electron chi connectivity index (χ2n) is 2.77. The van der Waals surface area contributed by atoms with E-state index in [2.05, 4.69) is 39.4 Å². The number of hydrogen-bond donors (Lipinski definition) is 0. The zero-order valence-electron chi connectivity index (χ0n) is 6.18. The molecule has 1 heterocycles. The number of halogens is 1. The molecule has 11 heavy (non-hydrogen) atoms. The van der Waals surface area contributed by atoms with Gasteiger partial charge in [0.15, 0.2) is 0 Å². The van der Waals surface area contributed by atoms with Crippen molar-refractivity contribution in [3.63, 3.8) is 0 Å². The molecular weight excluding hydrogens is 202 g/mol. The summed E-state index contributed by atoms with van der Waals surface area (Å²) in [5.41, 5.74) is 2.84. The van der Waals surface area contributed by atoms with Crippen LogP contribution in [0.4, 0.5) is 0 Å². The fraction of sp³-hybridized carbons (Fsp3) is 0.333. The predicted molar refractivity (Wildman–Crippen MR) is 48.6 cm³/mol. The van der Waals surface area contributed by atoms with Gasteiger partial charge in [0.05, 0.1) is 0 Å². The molecule has 1 aromatic rings. The zero-order chi connectivity index (χ0) is 7.68. The molecule has 1 radical (unpaired) electrons. The van der Waals surface area contributed by atoms with Gasteiger partial charge in [0.1, 0.15) is 0 Å². The molecule has 1 aliphatic rings. The molecular formula is C9H9BrN. The molecule has 0 amide bonds. The summed E-state index contributed by atoms with van der Waals surface area (Å²) in [6, 6.07) is 6.44. The largest absolute Gasteiger partial charge is 0.237 e. The minimum absolute atomic E-state index is 0.905. The van der Waals surface area contributed by atoms with Gasteiger partial charge in [0, 0.05) is 17.6 Å². The van der Waals surface area contributed by atoms with Crippen molar-refractivity contribution in [3.8, 4) is 0 Å². The lowest BCUT2D eigenvalue weighted by atomic mass is 10.0. The molecule has 0 N–H and O–H groups in total. The molecule has 0 bridgehead atoms. The Kier molecular flexibility index (Phi) is 1.96. The summed E-state index contributed by atoms with van der Waals surface area (Å²) in [4.78, 5) is 0. The van der Waals surface area contributed by atoms with Crippen LogP contribution in [0.15, 0.2) is 22.7 Å². The summed E-state index contributed by atoms with van der Waals surface area (Å²) < 4.78 is 1.18. The van der Waals surface area contributed by atoms with Crippen LogP contribution in [0.3, 0.4) is 0 Å². The molecule has 0 aromatic heterocycles. The quantitative estimate of drug-likeness (QED) is 0.624. The van der Waals surface area contributed by atoms with E-state index in [0.29, 0.717) is 0 Å². The Morgan fingerprint density at radius 2 is 2.18 bits per heavy atom. The van der Waals surface area contributed by atoms with Gasteiger partial charge in [0.2, 0.25) is 0 Å². The summed E-state index contributed by atoms with van der Waals surface area (Å²) >= 11 is 3.46. The van der Waals surface area contributed by atoms with Gasteiger partial charge in [-0.3, -0.25) is 0 Å². The third-order valence-electron chi connectivity index (χ3n) is 1.99. The van der Waals surface area contributed by atoms with Crippen LogP contribution in [-0.4, -0.2) is 6.54 Å². The summed E-state index contributed by atoms with van der Waals surface area (Å²) in [5.74, 6) is 0. The second-order valence-corrected chi connectivity index (χ2v) is 3.68. The van der Waals surface area contributed by atoms with Crippen molar-refractivity contribution >= 4 is 15.9 Å². The zero-order valence-corrected chi connectivity index (χ0v) is 7.76. The maximum absolute atomic E-state index is 4.33. The summed E-state index contributed by atoms with van der Waals surface area (Å²) in [5, 5.41) is 4.33. The average molecular weight is 211 g/mol. The van der Waals surface area contributed by atoms with Gasteiger partial charge in [-0.25, -0.2) is 5.32 Å². The third kappa shape index (κ3) is 1.47. The highest BCUT2D eigenvalue weighted by molar-refractivity contribution is 9.10. The van der Waals surface area contributed by atoms with Crippen LogP contribution in [0.1, 0.15) is 11.1 Å². The number of rotatable bonds is 0. The van der Waals surface area contributed by atoms with Gasteiger partial charge >= 0.3 is 0 Å². The smallest absolute Gasteiger partial charge is 0.0387 e. The van der Waals surface area contributed by atoms with E-state index in [9.17, 15) is 0 Å². The Balaban J connectivity index is 2.43. The first-order chi connectivity index (χ1) is 5.36. The molecule has 1 aromatic carbocycles. The molecule has 2 rings (SSSR count). The van der Waals surface area contributed by atoms with Crippen LogP contribution in [0.25, 0.3) is 0 Å². The monoisotopic (exact) mass is 210 g/mol. The maximum atomic E-state index is 4.33. The lowest BCUT2D eigenvalue weighted by molar-refractivity contribution is 0.630. The maximum Gasteiger partial charge on any atom is 0.0387 e. The summed E-state index contributed by atoms with van der Waals surface area (Å²) in [7, 11) is 0. The van der Waals surface area contributed by atoms with Gasteiger partial charge in [-0.15, -0.1) is 0 Å². The first-order valence-corrected chi connectivity index (χ1v) is 4.56. The minimum atomic E-state index is 0.905. The van der Waals surface area contributed by atoms with Crippen molar-refractivity contribution in [3.05, 3.63) is 33.8 Å². The molecule has 1 aliphatic heterocycles. The molecule has 0 saturated carbocycles. The number of nitrogens with zero attached hydrogens (tertiary/aromatic N) is 1. The molecule has 0 atom stereocenters. The summed E-state index contributed by atoms with van der Waals surface area (Å²) in [6.45, 7) is 1.89. The van der Waals surface area contributed by atoms with Crippen LogP contribution in [0.5, 0.6) is 0 Å². The number of benzene rings is 1. The highest BCUT2D eigenvalue weighted by atomic mass is 79.9. The average Bonchev–Trinajstić information content (AvgIpc) is 2.04. The molecule has 1 nitrogen and oxygen atoms in total. The number of fused-ring (bicyclic) bond motifs is 1. The van der Waals surface area contributed by atoms with Gasteiger partial charge in [-0.1, -0.05) is 22.0 Å². The van der Waals surface area contributed by atoms with Crippen molar-refractivity contribution in [2.45, 2.75) is 13.0 Å². The fourth-order valence-electron chi connectivity index (χ4n) is 1.38. The number of hydrogen-bond acceptors (Lipinski definition) is 0. The van der Waals surface area contributed by atoms with E-state index in [0.717, 1.165) is 19.5 Å². The van der Waals surface area contributed by atoms with Crippen LogP contribution in [0, 0.1) is 0 Å². The Morgan fingerprint density at radius 1 is 1.27 bits per heavy atom. The van der Waals surface area contributed by atoms with Gasteiger partial charge in [-0.05, 0) is 29.7 Å². The lowest BCUT2D eigenvalue weighted by Crippen LogP contribution is -2.17. The van der Waals surface area contributed by atoms with Crippen LogP contribution >= 0.6 is 15.9 Å². The van der Waals surface area contributed by atoms with Crippen molar-refractivity contribution in [1.29, 1.82) is 0 Å². The normalized spacial score (nSPS) is 16.1. The Labute approximate surface area is 74.9 Å². The van der Waals surface area contributed by atoms with E-state index in [1.165, 1.54) is 15.6 Å². The fourth-order valence-corrected chi connectivity index (χ4v) is 1.79. The topological polar surface area (TPSA) is 14.1 Å². The third-order valence-corrected chi connectivity index (χ3v) is 2.48. The Hall–Kier alpha value is -0.340. The SMILES string of the molecule is Brc1ccc2c(c1)CC[N]C2. The standard InChI is InChI=1S/C9H9BrN/c10-9-2-1-8-6-11-4-3-7(8)5-9/h1-2,5H,3-4,6H2. The van der Waals surface area contributed by atoms with E-state index >= 15 is 0 Å². The van der Waals surface area contributed by atoms with E-state index in [1.54, 1.807) is 0 Å². The minimum Gasteiger partial charge on any atom is -0.237 e. The van der Waals surface area contributed by atoms with E-state index in [-0.39, 0.29) is 0 Å². The summed E-state index contributed by atoms with van der Waals surface area (Å²) in [6.07, 6.45) is 1.11. The van der Waals surface area contributed by atoms with Gasteiger partial charge in [-0.2, -0.15) is 0 Å². The molecule has 0 unspecified atom stereocenters. The molecule has 2 heteroatoms. The highest BCUT2D eigenvalue weighted by Crippen LogP contribution is 2.19. The highest BCUT2D eigenvalue weighted by Gasteiger charge is 2.08. The first kappa shape index (κ1) is 7.32. The molecule has 0 saturated heterocycles. The lowest BCUT2D eigenvalue weighted by Gasteiger charge is -2.15.